The second-order valence-corrected chi connectivity index (χ2v) is 4.92. The molecule has 0 amide bonds. The van der Waals surface area contributed by atoms with Gasteiger partial charge in [-0.1, -0.05) is 17.2 Å². The standard InChI is InChI=1S/C9H12N4O3S/c10-13-11-7-8-1-3-9(4-2-8)17(15,16)12-5-6-14/h1-4,12,14H,5-7H2. The van der Waals surface area contributed by atoms with Crippen LogP contribution >= 0.6 is 0 Å². The second kappa shape index (κ2) is 6.21. The SMILES string of the molecule is [N-]=[N+]=NCc1ccc(S(=O)(=O)NCCO)cc1. The lowest BCUT2D eigenvalue weighted by Gasteiger charge is -2.05. The number of nitrogens with zero attached hydrogens (tertiary/aromatic N) is 3. The monoisotopic (exact) mass is 256 g/mol. The van der Waals surface area contributed by atoms with Gasteiger partial charge in [0, 0.05) is 11.5 Å². The topological polar surface area (TPSA) is 115 Å². The van der Waals surface area contributed by atoms with E-state index in [0.717, 1.165) is 5.56 Å². The summed E-state index contributed by atoms with van der Waals surface area (Å²) in [4.78, 5) is 2.72. The quantitative estimate of drug-likeness (QED) is 0.445. The lowest BCUT2D eigenvalue weighted by Crippen LogP contribution is -2.26. The highest BCUT2D eigenvalue weighted by Gasteiger charge is 2.12. The largest absolute Gasteiger partial charge is 0.395 e. The molecule has 0 bridgehead atoms. The summed E-state index contributed by atoms with van der Waals surface area (Å²) in [7, 11) is -3.57. The minimum Gasteiger partial charge on any atom is -0.395 e. The predicted molar refractivity (Wildman–Crippen MR) is 61.6 cm³/mol. The molecule has 92 valence electrons. The Kier molecular flexibility index (Phi) is 4.92. The molecule has 0 spiro atoms. The molecule has 0 aliphatic rings. The first-order chi connectivity index (χ1) is 8.10. The van der Waals surface area contributed by atoms with E-state index in [-0.39, 0.29) is 24.6 Å². The van der Waals surface area contributed by atoms with Crippen molar-refractivity contribution in [3.05, 3.63) is 40.3 Å². The third-order valence-electron chi connectivity index (χ3n) is 1.95. The van der Waals surface area contributed by atoms with E-state index in [0.29, 0.717) is 0 Å². The van der Waals surface area contributed by atoms with Crippen LogP contribution in [0.1, 0.15) is 5.56 Å². The number of rotatable bonds is 6. The number of benzene rings is 1. The average molecular weight is 256 g/mol. The van der Waals surface area contributed by atoms with Crippen LogP contribution in [0.2, 0.25) is 0 Å². The van der Waals surface area contributed by atoms with Crippen molar-refractivity contribution >= 4 is 10.0 Å². The van der Waals surface area contributed by atoms with Crippen molar-refractivity contribution in [1.82, 2.24) is 4.72 Å². The zero-order chi connectivity index (χ0) is 12.7. The lowest BCUT2D eigenvalue weighted by molar-refractivity contribution is 0.301. The molecule has 0 heterocycles. The van der Waals surface area contributed by atoms with Crippen molar-refractivity contribution in [2.24, 2.45) is 5.11 Å². The number of hydrogen-bond acceptors (Lipinski definition) is 4. The van der Waals surface area contributed by atoms with Crippen LogP contribution in [0.3, 0.4) is 0 Å². The van der Waals surface area contributed by atoms with Gasteiger partial charge in [0.15, 0.2) is 0 Å². The van der Waals surface area contributed by atoms with E-state index in [1.807, 2.05) is 0 Å². The summed E-state index contributed by atoms with van der Waals surface area (Å²) in [5.74, 6) is 0. The van der Waals surface area contributed by atoms with Crippen LogP contribution in [0.15, 0.2) is 34.3 Å². The molecule has 2 N–H and O–H groups in total. The maximum absolute atomic E-state index is 11.6. The highest BCUT2D eigenvalue weighted by Crippen LogP contribution is 2.11. The van der Waals surface area contributed by atoms with Crippen molar-refractivity contribution in [3.8, 4) is 0 Å². The fourth-order valence-electron chi connectivity index (χ4n) is 1.15. The van der Waals surface area contributed by atoms with Crippen LogP contribution in [-0.4, -0.2) is 26.7 Å². The van der Waals surface area contributed by atoms with Gasteiger partial charge in [-0.05, 0) is 23.2 Å². The Morgan fingerprint density at radius 1 is 1.35 bits per heavy atom. The Morgan fingerprint density at radius 3 is 2.53 bits per heavy atom. The lowest BCUT2D eigenvalue weighted by atomic mass is 10.2. The maximum Gasteiger partial charge on any atom is 0.240 e. The number of hydrogen-bond donors (Lipinski definition) is 2. The van der Waals surface area contributed by atoms with Crippen LogP contribution in [0.4, 0.5) is 0 Å². The normalized spacial score (nSPS) is 10.9. The summed E-state index contributed by atoms with van der Waals surface area (Å²) >= 11 is 0. The minimum absolute atomic E-state index is 0.0250. The smallest absolute Gasteiger partial charge is 0.240 e. The van der Waals surface area contributed by atoms with Crippen LogP contribution < -0.4 is 4.72 Å². The van der Waals surface area contributed by atoms with E-state index in [2.05, 4.69) is 14.7 Å². The molecule has 1 aromatic carbocycles. The summed E-state index contributed by atoms with van der Waals surface area (Å²) in [6, 6.07) is 5.98. The molecule has 7 nitrogen and oxygen atoms in total. The van der Waals surface area contributed by atoms with Gasteiger partial charge in [0.25, 0.3) is 0 Å². The van der Waals surface area contributed by atoms with Gasteiger partial charge >= 0.3 is 0 Å². The number of aliphatic hydroxyl groups is 1. The van der Waals surface area contributed by atoms with Crippen LogP contribution in [-0.2, 0) is 16.6 Å². The summed E-state index contributed by atoms with van der Waals surface area (Å²) in [6.07, 6.45) is 0. The zero-order valence-electron chi connectivity index (χ0n) is 8.94. The Bertz CT molecular complexity index is 506. The van der Waals surface area contributed by atoms with Gasteiger partial charge in [-0.25, -0.2) is 13.1 Å². The number of azide groups is 1. The van der Waals surface area contributed by atoms with Crippen molar-refractivity contribution in [1.29, 1.82) is 0 Å². The molecular weight excluding hydrogens is 244 g/mol. The minimum atomic E-state index is -3.57. The van der Waals surface area contributed by atoms with Crippen molar-refractivity contribution in [3.63, 3.8) is 0 Å². The van der Waals surface area contributed by atoms with Crippen molar-refractivity contribution in [2.75, 3.05) is 13.2 Å². The van der Waals surface area contributed by atoms with E-state index in [1.165, 1.54) is 12.1 Å². The molecule has 1 aromatic rings. The van der Waals surface area contributed by atoms with Crippen LogP contribution in [0, 0.1) is 0 Å². The Hall–Kier alpha value is -1.60. The van der Waals surface area contributed by atoms with E-state index < -0.39 is 10.0 Å². The van der Waals surface area contributed by atoms with Gasteiger partial charge in [0.2, 0.25) is 10.0 Å². The van der Waals surface area contributed by atoms with Gasteiger partial charge in [-0.15, -0.1) is 0 Å². The number of nitrogens with one attached hydrogen (secondary N) is 1. The first-order valence-corrected chi connectivity index (χ1v) is 6.29. The number of sulfonamides is 1. The zero-order valence-corrected chi connectivity index (χ0v) is 9.76. The Morgan fingerprint density at radius 2 is 2.00 bits per heavy atom. The van der Waals surface area contributed by atoms with Gasteiger partial charge in [-0.3, -0.25) is 0 Å². The van der Waals surface area contributed by atoms with Crippen LogP contribution in [0.25, 0.3) is 10.4 Å². The second-order valence-electron chi connectivity index (χ2n) is 3.15. The molecule has 0 atom stereocenters. The van der Waals surface area contributed by atoms with Gasteiger partial charge in [0.1, 0.15) is 0 Å². The molecule has 0 saturated carbocycles. The van der Waals surface area contributed by atoms with Gasteiger partial charge < -0.3 is 5.11 Å². The summed E-state index contributed by atoms with van der Waals surface area (Å²) in [5.41, 5.74) is 8.86. The molecule has 0 aromatic heterocycles. The highest BCUT2D eigenvalue weighted by atomic mass is 32.2. The molecule has 1 rings (SSSR count). The first-order valence-electron chi connectivity index (χ1n) is 4.80. The molecule has 0 unspecified atom stereocenters. The van der Waals surface area contributed by atoms with Crippen molar-refractivity contribution in [2.45, 2.75) is 11.4 Å². The average Bonchev–Trinajstić information content (AvgIpc) is 2.34. The summed E-state index contributed by atoms with van der Waals surface area (Å²) < 4.78 is 25.5. The van der Waals surface area contributed by atoms with Crippen LogP contribution in [0.5, 0.6) is 0 Å². The molecular formula is C9H12N4O3S. The third-order valence-corrected chi connectivity index (χ3v) is 3.43. The maximum atomic E-state index is 11.6. The number of aliphatic hydroxyl groups excluding tert-OH is 1. The third kappa shape index (κ3) is 4.04. The fraction of sp³-hybridized carbons (Fsp3) is 0.333. The molecule has 0 aliphatic heterocycles. The van der Waals surface area contributed by atoms with Gasteiger partial charge in [0.05, 0.1) is 18.0 Å². The van der Waals surface area contributed by atoms with E-state index in [4.69, 9.17) is 10.6 Å². The first kappa shape index (κ1) is 13.5. The van der Waals surface area contributed by atoms with Crippen molar-refractivity contribution < 1.29 is 13.5 Å². The highest BCUT2D eigenvalue weighted by molar-refractivity contribution is 7.89. The van der Waals surface area contributed by atoms with E-state index in [9.17, 15) is 8.42 Å². The van der Waals surface area contributed by atoms with Gasteiger partial charge in [-0.2, -0.15) is 0 Å². The Labute approximate surface area is 98.8 Å². The molecule has 0 radical (unpaired) electrons. The molecule has 0 aliphatic carbocycles. The predicted octanol–water partition coefficient (Wildman–Crippen LogP) is 0.768. The summed E-state index contributed by atoms with van der Waals surface area (Å²) in [6.45, 7) is -0.0993. The van der Waals surface area contributed by atoms with E-state index in [1.54, 1.807) is 12.1 Å². The van der Waals surface area contributed by atoms with E-state index >= 15 is 0 Å². The molecule has 0 saturated heterocycles. The summed E-state index contributed by atoms with van der Waals surface area (Å²) in [5, 5.41) is 11.9. The molecule has 0 fully saturated rings. The fourth-order valence-corrected chi connectivity index (χ4v) is 2.17. The molecule has 8 heteroatoms. The Balaban J connectivity index is 2.83. The molecule has 17 heavy (non-hydrogen) atoms.